The van der Waals surface area contributed by atoms with Gasteiger partial charge < -0.3 is 19.4 Å². The molecular weight excluding hydrogens is 282 g/mol. The molecule has 3 rings (SSSR count). The van der Waals surface area contributed by atoms with Gasteiger partial charge in [0, 0.05) is 39.1 Å². The van der Waals surface area contributed by atoms with Crippen molar-refractivity contribution in [2.24, 2.45) is 7.05 Å². The van der Waals surface area contributed by atoms with E-state index in [-0.39, 0.29) is 24.2 Å². The van der Waals surface area contributed by atoms with E-state index in [2.05, 4.69) is 10.3 Å². The van der Waals surface area contributed by atoms with Crippen LogP contribution in [0, 0.1) is 0 Å². The van der Waals surface area contributed by atoms with Gasteiger partial charge >= 0.3 is 0 Å². The lowest BCUT2D eigenvalue weighted by atomic mass is 10.0. The summed E-state index contributed by atoms with van der Waals surface area (Å²) in [5.74, 6) is 0.960. The van der Waals surface area contributed by atoms with Crippen LogP contribution in [-0.4, -0.2) is 40.8 Å². The molecule has 22 heavy (non-hydrogen) atoms. The molecule has 0 radical (unpaired) electrons. The third kappa shape index (κ3) is 3.67. The quantitative estimate of drug-likeness (QED) is 0.899. The van der Waals surface area contributed by atoms with E-state index >= 15 is 0 Å². The zero-order valence-corrected chi connectivity index (χ0v) is 13.2. The molecule has 3 heterocycles. The lowest BCUT2D eigenvalue weighted by Crippen LogP contribution is -2.38. The molecule has 1 aromatic heterocycles. The van der Waals surface area contributed by atoms with Crippen molar-refractivity contribution in [3.8, 4) is 0 Å². The fourth-order valence-corrected chi connectivity index (χ4v) is 3.25. The number of aromatic nitrogens is 2. The molecule has 0 aromatic carbocycles. The second kappa shape index (κ2) is 7.24. The smallest absolute Gasteiger partial charge is 0.220 e. The summed E-state index contributed by atoms with van der Waals surface area (Å²) >= 11 is 0. The number of rotatable bonds is 5. The molecule has 1 N–H and O–H groups in total. The fraction of sp³-hybridized carbons (Fsp3) is 0.750. The molecule has 0 bridgehead atoms. The van der Waals surface area contributed by atoms with Gasteiger partial charge in [-0.15, -0.1) is 0 Å². The molecule has 3 atom stereocenters. The van der Waals surface area contributed by atoms with Crippen LogP contribution in [0.4, 0.5) is 0 Å². The molecule has 1 aromatic rings. The third-order valence-corrected chi connectivity index (χ3v) is 4.52. The van der Waals surface area contributed by atoms with Gasteiger partial charge in [0.1, 0.15) is 11.9 Å². The van der Waals surface area contributed by atoms with Crippen LogP contribution in [0.2, 0.25) is 0 Å². The van der Waals surface area contributed by atoms with Gasteiger partial charge in [-0.25, -0.2) is 4.98 Å². The molecule has 6 nitrogen and oxygen atoms in total. The average Bonchev–Trinajstić information content (AvgIpc) is 3.15. The number of carbonyl (C=O) groups is 1. The van der Waals surface area contributed by atoms with Crippen molar-refractivity contribution < 1.29 is 14.3 Å². The maximum absolute atomic E-state index is 12.2. The molecule has 6 heteroatoms. The Bertz CT molecular complexity index is 497. The zero-order valence-electron chi connectivity index (χ0n) is 13.2. The number of aryl methyl sites for hydroxylation is 1. The molecule has 2 aliphatic rings. The van der Waals surface area contributed by atoms with Gasteiger partial charge in [0.2, 0.25) is 5.91 Å². The fourth-order valence-electron chi connectivity index (χ4n) is 3.25. The highest BCUT2D eigenvalue weighted by molar-refractivity contribution is 5.76. The van der Waals surface area contributed by atoms with E-state index < -0.39 is 0 Å². The Hall–Kier alpha value is -1.40. The molecule has 122 valence electrons. The van der Waals surface area contributed by atoms with Gasteiger partial charge in [-0.1, -0.05) is 0 Å². The van der Waals surface area contributed by atoms with Crippen molar-refractivity contribution >= 4 is 5.91 Å². The molecule has 2 saturated heterocycles. The first-order chi connectivity index (χ1) is 10.7. The van der Waals surface area contributed by atoms with E-state index in [4.69, 9.17) is 9.47 Å². The summed E-state index contributed by atoms with van der Waals surface area (Å²) in [5, 5.41) is 3.11. The van der Waals surface area contributed by atoms with E-state index in [1.807, 2.05) is 17.8 Å². The van der Waals surface area contributed by atoms with Crippen molar-refractivity contribution in [3.05, 3.63) is 18.2 Å². The molecule has 2 fully saturated rings. The number of ether oxygens (including phenoxy) is 2. The summed E-state index contributed by atoms with van der Waals surface area (Å²) in [6.07, 6.45) is 9.38. The largest absolute Gasteiger partial charge is 0.378 e. The summed E-state index contributed by atoms with van der Waals surface area (Å²) in [4.78, 5) is 16.5. The van der Waals surface area contributed by atoms with Crippen LogP contribution in [0.5, 0.6) is 0 Å². The van der Waals surface area contributed by atoms with Crippen LogP contribution in [0.3, 0.4) is 0 Å². The zero-order chi connectivity index (χ0) is 15.4. The maximum atomic E-state index is 12.2. The number of amides is 1. The molecule has 2 aliphatic heterocycles. The predicted molar refractivity (Wildman–Crippen MR) is 81.3 cm³/mol. The van der Waals surface area contributed by atoms with Crippen molar-refractivity contribution in [2.45, 2.75) is 56.8 Å². The molecule has 0 spiro atoms. The van der Waals surface area contributed by atoms with Gasteiger partial charge in [-0.05, 0) is 32.1 Å². The second-order valence-corrected chi connectivity index (χ2v) is 6.18. The molecule has 0 aliphatic carbocycles. The number of imidazole rings is 1. The maximum Gasteiger partial charge on any atom is 0.220 e. The first-order valence-electron chi connectivity index (χ1n) is 8.24. The van der Waals surface area contributed by atoms with Gasteiger partial charge in [-0.2, -0.15) is 0 Å². The molecule has 1 unspecified atom stereocenters. The second-order valence-electron chi connectivity index (χ2n) is 6.18. The number of nitrogens with one attached hydrogen (secondary N) is 1. The predicted octanol–water partition coefficient (Wildman–Crippen LogP) is 1.72. The summed E-state index contributed by atoms with van der Waals surface area (Å²) in [6.45, 7) is 1.50. The van der Waals surface area contributed by atoms with Crippen LogP contribution >= 0.6 is 0 Å². The summed E-state index contributed by atoms with van der Waals surface area (Å²) in [5.41, 5.74) is 0. The van der Waals surface area contributed by atoms with Crippen LogP contribution in [0.25, 0.3) is 0 Å². The lowest BCUT2D eigenvalue weighted by Gasteiger charge is -2.23. The van der Waals surface area contributed by atoms with Gasteiger partial charge in [-0.3, -0.25) is 4.79 Å². The Morgan fingerprint density at radius 1 is 1.36 bits per heavy atom. The van der Waals surface area contributed by atoms with E-state index in [1.165, 1.54) is 6.42 Å². The SMILES string of the molecule is Cn1ccnc1[C@H]1OCC[C@@H]1NC(=O)CCC1CCCCO1. The lowest BCUT2D eigenvalue weighted by molar-refractivity contribution is -0.123. The standard InChI is InChI=1S/C16H25N3O3/c1-19-9-8-17-16(19)15-13(7-11-22-15)18-14(20)6-5-12-4-2-3-10-21-12/h8-9,12-13,15H,2-7,10-11H2,1H3,(H,18,20)/t12?,13-,15-/m0/s1. The number of hydrogen-bond donors (Lipinski definition) is 1. The van der Waals surface area contributed by atoms with Crippen LogP contribution < -0.4 is 5.32 Å². The molecule has 0 saturated carbocycles. The first kappa shape index (κ1) is 15.5. The molecule has 1 amide bonds. The number of carbonyl (C=O) groups excluding carboxylic acids is 1. The van der Waals surface area contributed by atoms with Crippen molar-refractivity contribution in [3.63, 3.8) is 0 Å². The first-order valence-corrected chi connectivity index (χ1v) is 8.24. The highest BCUT2D eigenvalue weighted by Gasteiger charge is 2.33. The van der Waals surface area contributed by atoms with Crippen molar-refractivity contribution in [2.75, 3.05) is 13.2 Å². The number of nitrogens with zero attached hydrogens (tertiary/aromatic N) is 2. The summed E-state index contributed by atoms with van der Waals surface area (Å²) in [6, 6.07) is 0.0147. The summed E-state index contributed by atoms with van der Waals surface area (Å²) < 4.78 is 13.4. The minimum absolute atomic E-state index is 0.0147. The highest BCUT2D eigenvalue weighted by atomic mass is 16.5. The Morgan fingerprint density at radius 3 is 3.00 bits per heavy atom. The Balaban J connectivity index is 1.49. The van der Waals surface area contributed by atoms with Crippen LogP contribution in [0.1, 0.15) is 50.5 Å². The minimum Gasteiger partial charge on any atom is -0.378 e. The van der Waals surface area contributed by atoms with Crippen LogP contribution in [-0.2, 0) is 21.3 Å². The Morgan fingerprint density at radius 2 is 2.27 bits per heavy atom. The van der Waals surface area contributed by atoms with E-state index in [0.717, 1.165) is 38.1 Å². The topological polar surface area (TPSA) is 65.4 Å². The van der Waals surface area contributed by atoms with Crippen molar-refractivity contribution in [1.82, 2.24) is 14.9 Å². The van der Waals surface area contributed by atoms with E-state index in [1.54, 1.807) is 6.20 Å². The van der Waals surface area contributed by atoms with Crippen LogP contribution in [0.15, 0.2) is 12.4 Å². The minimum atomic E-state index is -0.144. The number of hydrogen-bond acceptors (Lipinski definition) is 4. The average molecular weight is 307 g/mol. The van der Waals surface area contributed by atoms with Gasteiger partial charge in [0.25, 0.3) is 0 Å². The van der Waals surface area contributed by atoms with Gasteiger partial charge in [0.05, 0.1) is 12.1 Å². The monoisotopic (exact) mass is 307 g/mol. The van der Waals surface area contributed by atoms with E-state index in [0.29, 0.717) is 13.0 Å². The summed E-state index contributed by atoms with van der Waals surface area (Å²) in [7, 11) is 1.95. The van der Waals surface area contributed by atoms with Crippen molar-refractivity contribution in [1.29, 1.82) is 0 Å². The molecular formula is C16H25N3O3. The van der Waals surface area contributed by atoms with Gasteiger partial charge in [0.15, 0.2) is 0 Å². The Kier molecular flexibility index (Phi) is 5.10. The third-order valence-electron chi connectivity index (χ3n) is 4.52. The Labute approximate surface area is 131 Å². The normalized spacial score (nSPS) is 28.7. The van der Waals surface area contributed by atoms with E-state index in [9.17, 15) is 4.79 Å². The highest BCUT2D eigenvalue weighted by Crippen LogP contribution is 2.28.